The molecule has 1 saturated heterocycles. The van der Waals surface area contributed by atoms with Crippen LogP contribution < -0.4 is 11.1 Å². The third-order valence-electron chi connectivity index (χ3n) is 4.08. The van der Waals surface area contributed by atoms with Gasteiger partial charge in [-0.3, -0.25) is 9.59 Å². The summed E-state index contributed by atoms with van der Waals surface area (Å²) in [6, 6.07) is 6.06. The van der Waals surface area contributed by atoms with Crippen molar-refractivity contribution in [3.63, 3.8) is 0 Å². The summed E-state index contributed by atoms with van der Waals surface area (Å²) in [5.41, 5.74) is 5.81. The second-order valence-electron chi connectivity index (χ2n) is 6.63. The van der Waals surface area contributed by atoms with E-state index in [0.717, 1.165) is 5.56 Å². The Labute approximate surface area is 148 Å². The van der Waals surface area contributed by atoms with Gasteiger partial charge in [0, 0.05) is 25.6 Å². The number of hydrogen-bond acceptors (Lipinski definition) is 3. The van der Waals surface area contributed by atoms with Crippen LogP contribution in [-0.4, -0.2) is 35.3 Å². The third kappa shape index (κ3) is 5.46. The molecule has 0 saturated carbocycles. The number of nitrogens with one attached hydrogen (secondary N) is 1. The van der Waals surface area contributed by atoms with Gasteiger partial charge in [-0.1, -0.05) is 12.1 Å². The summed E-state index contributed by atoms with van der Waals surface area (Å²) >= 11 is 0. The SMILES string of the molecule is CC(C)(N)C(=O)N1CCC(C(=O)NCc2ccc(F)cc2)CC1.Cl. The minimum absolute atomic E-state index is 0. The highest BCUT2D eigenvalue weighted by atomic mass is 35.5. The number of likely N-dealkylation sites (tertiary alicyclic amines) is 1. The lowest BCUT2D eigenvalue weighted by atomic mass is 9.94. The molecule has 0 aromatic heterocycles. The predicted molar refractivity (Wildman–Crippen MR) is 93.1 cm³/mol. The zero-order chi connectivity index (χ0) is 17.0. The first-order valence-electron chi connectivity index (χ1n) is 7.88. The third-order valence-corrected chi connectivity index (χ3v) is 4.08. The van der Waals surface area contributed by atoms with Crippen LogP contribution in [0.2, 0.25) is 0 Å². The summed E-state index contributed by atoms with van der Waals surface area (Å²) in [4.78, 5) is 26.0. The van der Waals surface area contributed by atoms with E-state index in [2.05, 4.69) is 5.32 Å². The molecule has 1 aromatic rings. The van der Waals surface area contributed by atoms with E-state index in [1.807, 2.05) is 0 Å². The summed E-state index contributed by atoms with van der Waals surface area (Å²) in [6.45, 7) is 4.87. The van der Waals surface area contributed by atoms with Crippen LogP contribution in [0, 0.1) is 11.7 Å². The Balaban J connectivity index is 0.00000288. The van der Waals surface area contributed by atoms with Crippen molar-refractivity contribution in [1.29, 1.82) is 0 Å². The van der Waals surface area contributed by atoms with Crippen molar-refractivity contribution in [2.75, 3.05) is 13.1 Å². The summed E-state index contributed by atoms with van der Waals surface area (Å²) in [7, 11) is 0. The maximum absolute atomic E-state index is 12.8. The molecule has 134 valence electrons. The quantitative estimate of drug-likeness (QED) is 0.863. The topological polar surface area (TPSA) is 75.4 Å². The van der Waals surface area contributed by atoms with E-state index in [0.29, 0.717) is 32.5 Å². The van der Waals surface area contributed by atoms with Gasteiger partial charge in [-0.15, -0.1) is 12.4 Å². The molecule has 0 radical (unpaired) electrons. The highest BCUT2D eigenvalue weighted by Gasteiger charge is 2.32. The van der Waals surface area contributed by atoms with Crippen LogP contribution in [0.15, 0.2) is 24.3 Å². The molecule has 1 fully saturated rings. The molecule has 24 heavy (non-hydrogen) atoms. The van der Waals surface area contributed by atoms with E-state index in [1.165, 1.54) is 12.1 Å². The largest absolute Gasteiger partial charge is 0.352 e. The van der Waals surface area contributed by atoms with Gasteiger partial charge in [0.15, 0.2) is 0 Å². The number of carbonyl (C=O) groups excluding carboxylic acids is 2. The highest BCUT2D eigenvalue weighted by molar-refractivity contribution is 5.86. The van der Waals surface area contributed by atoms with Gasteiger partial charge in [0.1, 0.15) is 5.82 Å². The first kappa shape index (κ1) is 20.4. The molecular weight excluding hydrogens is 333 g/mol. The first-order valence-corrected chi connectivity index (χ1v) is 7.88. The number of rotatable bonds is 4. The van der Waals surface area contributed by atoms with Gasteiger partial charge in [-0.2, -0.15) is 0 Å². The van der Waals surface area contributed by atoms with Crippen LogP contribution in [0.4, 0.5) is 4.39 Å². The molecule has 0 bridgehead atoms. The summed E-state index contributed by atoms with van der Waals surface area (Å²) in [6.07, 6.45) is 1.27. The van der Waals surface area contributed by atoms with E-state index in [9.17, 15) is 14.0 Å². The van der Waals surface area contributed by atoms with Crippen LogP contribution in [0.1, 0.15) is 32.3 Å². The molecule has 0 unspecified atom stereocenters. The molecule has 7 heteroatoms. The lowest BCUT2D eigenvalue weighted by Crippen LogP contribution is -2.54. The monoisotopic (exact) mass is 357 g/mol. The van der Waals surface area contributed by atoms with Crippen LogP contribution >= 0.6 is 12.4 Å². The Morgan fingerprint density at radius 2 is 1.79 bits per heavy atom. The van der Waals surface area contributed by atoms with Crippen LogP contribution in [0.5, 0.6) is 0 Å². The molecule has 2 amide bonds. The number of piperidine rings is 1. The molecule has 1 aliphatic rings. The second kappa shape index (κ2) is 8.44. The van der Waals surface area contributed by atoms with Gasteiger partial charge < -0.3 is 16.0 Å². The number of amides is 2. The van der Waals surface area contributed by atoms with E-state index < -0.39 is 5.54 Å². The Morgan fingerprint density at radius 3 is 2.29 bits per heavy atom. The Morgan fingerprint density at radius 1 is 1.25 bits per heavy atom. The molecule has 1 aliphatic heterocycles. The summed E-state index contributed by atoms with van der Waals surface area (Å²) < 4.78 is 12.8. The molecule has 1 heterocycles. The molecule has 2 rings (SSSR count). The minimum atomic E-state index is -0.877. The van der Waals surface area contributed by atoms with Crippen molar-refractivity contribution < 1.29 is 14.0 Å². The molecule has 0 spiro atoms. The Hall–Kier alpha value is -1.66. The lowest BCUT2D eigenvalue weighted by molar-refractivity contribution is -0.139. The number of nitrogens with zero attached hydrogens (tertiary/aromatic N) is 1. The fourth-order valence-electron chi connectivity index (χ4n) is 2.69. The van der Waals surface area contributed by atoms with Gasteiger partial charge in [0.2, 0.25) is 11.8 Å². The van der Waals surface area contributed by atoms with E-state index in [-0.39, 0.29) is 36.0 Å². The normalized spacial score (nSPS) is 15.6. The van der Waals surface area contributed by atoms with Gasteiger partial charge in [-0.25, -0.2) is 4.39 Å². The molecule has 1 aromatic carbocycles. The van der Waals surface area contributed by atoms with Gasteiger partial charge in [0.05, 0.1) is 5.54 Å². The first-order chi connectivity index (χ1) is 10.8. The average Bonchev–Trinajstić information content (AvgIpc) is 2.52. The maximum atomic E-state index is 12.8. The average molecular weight is 358 g/mol. The lowest BCUT2D eigenvalue weighted by Gasteiger charge is -2.35. The number of carbonyl (C=O) groups is 2. The number of nitrogens with two attached hydrogens (primary N) is 1. The van der Waals surface area contributed by atoms with Crippen LogP contribution in [-0.2, 0) is 16.1 Å². The molecule has 3 N–H and O–H groups in total. The Bertz CT molecular complexity index is 564. The summed E-state index contributed by atoms with van der Waals surface area (Å²) in [5, 5.41) is 2.87. The van der Waals surface area contributed by atoms with E-state index in [4.69, 9.17) is 5.73 Å². The smallest absolute Gasteiger partial charge is 0.242 e. The van der Waals surface area contributed by atoms with Gasteiger partial charge in [-0.05, 0) is 44.4 Å². The van der Waals surface area contributed by atoms with Crippen molar-refractivity contribution in [2.45, 2.75) is 38.8 Å². The molecule has 0 atom stereocenters. The van der Waals surface area contributed by atoms with Gasteiger partial charge >= 0.3 is 0 Å². The van der Waals surface area contributed by atoms with Crippen molar-refractivity contribution in [3.8, 4) is 0 Å². The predicted octanol–water partition coefficient (Wildman–Crippen LogP) is 1.84. The van der Waals surface area contributed by atoms with Crippen molar-refractivity contribution in [2.24, 2.45) is 11.7 Å². The molecular formula is C17H25ClFN3O2. The van der Waals surface area contributed by atoms with E-state index >= 15 is 0 Å². The molecule has 0 aliphatic carbocycles. The standard InChI is InChI=1S/C17H24FN3O2.ClH/c1-17(2,19)16(23)21-9-7-13(8-10-21)15(22)20-11-12-3-5-14(18)6-4-12;/h3-6,13H,7-11,19H2,1-2H3,(H,20,22);1H. The fourth-order valence-corrected chi connectivity index (χ4v) is 2.69. The number of hydrogen-bond donors (Lipinski definition) is 2. The van der Waals surface area contributed by atoms with Crippen LogP contribution in [0.3, 0.4) is 0 Å². The Kier molecular flexibility index (Phi) is 7.17. The number of benzene rings is 1. The van der Waals surface area contributed by atoms with Crippen molar-refractivity contribution in [3.05, 3.63) is 35.6 Å². The molecule has 5 nitrogen and oxygen atoms in total. The van der Waals surface area contributed by atoms with E-state index in [1.54, 1.807) is 30.9 Å². The zero-order valence-electron chi connectivity index (χ0n) is 14.0. The number of halogens is 2. The zero-order valence-corrected chi connectivity index (χ0v) is 14.9. The van der Waals surface area contributed by atoms with Crippen molar-refractivity contribution >= 4 is 24.2 Å². The fraction of sp³-hybridized carbons (Fsp3) is 0.529. The second-order valence-corrected chi connectivity index (χ2v) is 6.63. The van der Waals surface area contributed by atoms with Gasteiger partial charge in [0.25, 0.3) is 0 Å². The summed E-state index contributed by atoms with van der Waals surface area (Å²) in [5.74, 6) is -0.489. The maximum Gasteiger partial charge on any atom is 0.242 e. The minimum Gasteiger partial charge on any atom is -0.352 e. The van der Waals surface area contributed by atoms with Crippen LogP contribution in [0.25, 0.3) is 0 Å². The highest BCUT2D eigenvalue weighted by Crippen LogP contribution is 2.19. The van der Waals surface area contributed by atoms with Crippen molar-refractivity contribution in [1.82, 2.24) is 10.2 Å².